The third-order valence-corrected chi connectivity index (χ3v) is 3.41. The molecule has 0 amide bonds. The molecule has 82 valence electrons. The third kappa shape index (κ3) is 2.06. The molecule has 0 radical (unpaired) electrons. The lowest BCUT2D eigenvalue weighted by Crippen LogP contribution is -2.21. The van der Waals surface area contributed by atoms with Crippen molar-refractivity contribution < 1.29 is 9.90 Å². The van der Waals surface area contributed by atoms with Gasteiger partial charge in [-0.3, -0.25) is 4.79 Å². The van der Waals surface area contributed by atoms with E-state index in [4.69, 9.17) is 10.9 Å². The van der Waals surface area contributed by atoms with Crippen LogP contribution in [0.5, 0.6) is 0 Å². The highest BCUT2D eigenvalue weighted by molar-refractivity contribution is 7.99. The lowest BCUT2D eigenvalue weighted by atomic mass is 9.85. The molecule has 0 unspecified atom stereocenters. The molecule has 1 saturated carbocycles. The summed E-state index contributed by atoms with van der Waals surface area (Å²) in [4.78, 5) is 10.4. The molecule has 1 aromatic rings. The number of carboxylic acid groups (broad SMARTS) is 1. The molecular weight excluding hydrogens is 216 g/mol. The van der Waals surface area contributed by atoms with Crippen LogP contribution in [0.1, 0.15) is 31.0 Å². The Morgan fingerprint density at radius 3 is 2.87 bits per heavy atom. The molecule has 0 atom stereocenters. The van der Waals surface area contributed by atoms with Crippen molar-refractivity contribution >= 4 is 17.7 Å². The summed E-state index contributed by atoms with van der Waals surface area (Å²) in [7, 11) is 0. The molecule has 15 heavy (non-hydrogen) atoms. The molecule has 1 aromatic heterocycles. The number of carboxylic acids is 1. The van der Waals surface area contributed by atoms with Crippen molar-refractivity contribution in [1.82, 2.24) is 14.9 Å². The first-order valence-electron chi connectivity index (χ1n) is 4.73. The van der Waals surface area contributed by atoms with Crippen LogP contribution in [0.4, 0.5) is 0 Å². The van der Waals surface area contributed by atoms with E-state index in [-0.39, 0.29) is 5.75 Å². The predicted molar refractivity (Wildman–Crippen MR) is 55.1 cm³/mol. The lowest BCUT2D eigenvalue weighted by molar-refractivity contribution is -0.133. The van der Waals surface area contributed by atoms with Gasteiger partial charge in [-0.2, -0.15) is 0 Å². The summed E-state index contributed by atoms with van der Waals surface area (Å²) in [6, 6.07) is 0. The Kier molecular flexibility index (Phi) is 2.81. The van der Waals surface area contributed by atoms with Gasteiger partial charge in [0.05, 0.1) is 5.75 Å². The van der Waals surface area contributed by atoms with Gasteiger partial charge >= 0.3 is 5.97 Å². The van der Waals surface area contributed by atoms with E-state index in [9.17, 15) is 4.79 Å². The topological polar surface area (TPSA) is 94.0 Å². The van der Waals surface area contributed by atoms with Crippen LogP contribution in [0.15, 0.2) is 5.16 Å². The van der Waals surface area contributed by atoms with E-state index in [1.165, 1.54) is 11.1 Å². The molecule has 0 bridgehead atoms. The molecule has 6 nitrogen and oxygen atoms in total. The smallest absolute Gasteiger partial charge is 0.313 e. The van der Waals surface area contributed by atoms with Gasteiger partial charge in [0.1, 0.15) is 0 Å². The van der Waals surface area contributed by atoms with Crippen molar-refractivity contribution in [2.75, 3.05) is 11.6 Å². The minimum atomic E-state index is -0.881. The summed E-state index contributed by atoms with van der Waals surface area (Å²) in [5.41, 5.74) is 0. The fourth-order valence-electron chi connectivity index (χ4n) is 1.46. The number of aliphatic carboxylic acids is 1. The number of carbonyl (C=O) groups is 1. The van der Waals surface area contributed by atoms with Crippen molar-refractivity contribution in [3.8, 4) is 0 Å². The second kappa shape index (κ2) is 4.09. The van der Waals surface area contributed by atoms with Crippen LogP contribution in [0.25, 0.3) is 0 Å². The van der Waals surface area contributed by atoms with Gasteiger partial charge in [-0.25, -0.2) is 4.68 Å². The summed E-state index contributed by atoms with van der Waals surface area (Å²) in [5.74, 6) is 6.03. The quantitative estimate of drug-likeness (QED) is 0.573. The van der Waals surface area contributed by atoms with Crippen LogP contribution in [-0.4, -0.2) is 31.7 Å². The van der Waals surface area contributed by atoms with Crippen molar-refractivity contribution in [2.24, 2.45) is 0 Å². The van der Waals surface area contributed by atoms with Gasteiger partial charge in [-0.15, -0.1) is 10.2 Å². The van der Waals surface area contributed by atoms with E-state index in [1.807, 2.05) is 0 Å². The van der Waals surface area contributed by atoms with Crippen LogP contribution < -0.4 is 5.84 Å². The Morgan fingerprint density at radius 1 is 1.60 bits per heavy atom. The molecule has 3 N–H and O–H groups in total. The third-order valence-electron chi connectivity index (χ3n) is 2.49. The number of aromatic nitrogens is 3. The molecule has 7 heteroatoms. The van der Waals surface area contributed by atoms with Gasteiger partial charge in [0, 0.05) is 5.92 Å². The zero-order valence-electron chi connectivity index (χ0n) is 8.09. The zero-order chi connectivity index (χ0) is 10.8. The van der Waals surface area contributed by atoms with E-state index < -0.39 is 5.97 Å². The summed E-state index contributed by atoms with van der Waals surface area (Å²) in [6.45, 7) is 0. The Hall–Kier alpha value is -1.24. The number of nitrogen functional groups attached to an aromatic ring is 1. The van der Waals surface area contributed by atoms with E-state index in [0.717, 1.165) is 30.4 Å². The average Bonchev–Trinajstić information content (AvgIpc) is 2.43. The Balaban J connectivity index is 2.05. The lowest BCUT2D eigenvalue weighted by Gasteiger charge is -2.23. The van der Waals surface area contributed by atoms with Crippen LogP contribution in [0.3, 0.4) is 0 Å². The van der Waals surface area contributed by atoms with Crippen molar-refractivity contribution in [2.45, 2.75) is 30.3 Å². The standard InChI is InChI=1S/C8H12N4O2S/c9-12-7(5-2-1-3-5)10-11-8(12)15-4-6(13)14/h5H,1-4,9H2,(H,13,14). The molecule has 1 heterocycles. The van der Waals surface area contributed by atoms with Crippen LogP contribution in [-0.2, 0) is 4.79 Å². The minimum absolute atomic E-state index is 0.0417. The highest BCUT2D eigenvalue weighted by Gasteiger charge is 2.26. The highest BCUT2D eigenvalue weighted by Crippen LogP contribution is 2.35. The largest absolute Gasteiger partial charge is 0.481 e. The minimum Gasteiger partial charge on any atom is -0.481 e. The van der Waals surface area contributed by atoms with Crippen LogP contribution in [0, 0.1) is 0 Å². The van der Waals surface area contributed by atoms with Gasteiger partial charge < -0.3 is 10.9 Å². The summed E-state index contributed by atoms with van der Waals surface area (Å²) >= 11 is 1.09. The van der Waals surface area contributed by atoms with E-state index in [1.54, 1.807) is 0 Å². The number of hydrogen-bond donors (Lipinski definition) is 2. The SMILES string of the molecule is Nn1c(SCC(=O)O)nnc1C1CCC1. The number of nitrogens with zero attached hydrogens (tertiary/aromatic N) is 3. The van der Waals surface area contributed by atoms with Gasteiger partial charge in [0.2, 0.25) is 5.16 Å². The van der Waals surface area contributed by atoms with Gasteiger partial charge in [-0.1, -0.05) is 18.2 Å². The maximum Gasteiger partial charge on any atom is 0.313 e. The molecule has 0 spiro atoms. The maximum absolute atomic E-state index is 10.4. The summed E-state index contributed by atoms with van der Waals surface area (Å²) in [5, 5.41) is 16.9. The zero-order valence-corrected chi connectivity index (χ0v) is 8.90. The van der Waals surface area contributed by atoms with Gasteiger partial charge in [-0.05, 0) is 12.8 Å². The number of rotatable bonds is 4. The summed E-state index contributed by atoms with van der Waals surface area (Å²) < 4.78 is 1.41. The van der Waals surface area contributed by atoms with E-state index in [0.29, 0.717) is 11.1 Å². The normalized spacial score (nSPS) is 16.3. The maximum atomic E-state index is 10.4. The molecule has 0 aliphatic heterocycles. The molecule has 1 aliphatic carbocycles. The molecule has 2 rings (SSSR count). The van der Waals surface area contributed by atoms with Crippen LogP contribution in [0.2, 0.25) is 0 Å². The number of thioether (sulfide) groups is 1. The first-order valence-corrected chi connectivity index (χ1v) is 5.72. The van der Waals surface area contributed by atoms with Crippen molar-refractivity contribution in [3.05, 3.63) is 5.82 Å². The van der Waals surface area contributed by atoms with Crippen molar-refractivity contribution in [3.63, 3.8) is 0 Å². The molecule has 1 fully saturated rings. The fraction of sp³-hybridized carbons (Fsp3) is 0.625. The predicted octanol–water partition coefficient (Wildman–Crippen LogP) is 0.436. The van der Waals surface area contributed by atoms with Gasteiger partial charge in [0.25, 0.3) is 0 Å². The summed E-state index contributed by atoms with van der Waals surface area (Å²) in [6.07, 6.45) is 3.40. The fourth-order valence-corrected chi connectivity index (χ4v) is 2.04. The number of nitrogens with two attached hydrogens (primary N) is 1. The average molecular weight is 228 g/mol. The first-order chi connectivity index (χ1) is 7.18. The Bertz CT molecular complexity index is 375. The van der Waals surface area contributed by atoms with E-state index in [2.05, 4.69) is 10.2 Å². The number of hydrogen-bond acceptors (Lipinski definition) is 5. The molecule has 0 saturated heterocycles. The second-order valence-electron chi connectivity index (χ2n) is 3.52. The molecular formula is C8H12N4O2S. The van der Waals surface area contributed by atoms with Crippen LogP contribution >= 0.6 is 11.8 Å². The first kappa shape index (κ1) is 10.3. The molecule has 1 aliphatic rings. The Labute approximate surface area is 90.8 Å². The van der Waals surface area contributed by atoms with Crippen molar-refractivity contribution in [1.29, 1.82) is 0 Å². The van der Waals surface area contributed by atoms with Gasteiger partial charge in [0.15, 0.2) is 5.82 Å². The molecule has 0 aromatic carbocycles. The monoisotopic (exact) mass is 228 g/mol. The second-order valence-corrected chi connectivity index (χ2v) is 4.46. The Morgan fingerprint density at radius 2 is 2.33 bits per heavy atom. The highest BCUT2D eigenvalue weighted by atomic mass is 32.2. The van der Waals surface area contributed by atoms with E-state index >= 15 is 0 Å².